The van der Waals surface area contributed by atoms with E-state index in [2.05, 4.69) is 5.32 Å². The largest absolute Gasteiger partial charge is 0.459 e. The normalized spacial score (nSPS) is 23.3. The van der Waals surface area contributed by atoms with E-state index >= 15 is 0 Å². The SMILES string of the molecule is CC(C)[C@@H]1[C@@H](C(=O)OC(C)(C)C)NC(c2ccccc2)(c2ccccc2)[C@H]1[N+](=O)[O-]. The summed E-state index contributed by atoms with van der Waals surface area (Å²) in [4.78, 5) is 25.5. The van der Waals surface area contributed by atoms with Gasteiger partial charge in [-0.3, -0.25) is 20.2 Å². The molecule has 1 saturated heterocycles. The van der Waals surface area contributed by atoms with Crippen LogP contribution in [0.25, 0.3) is 0 Å². The fraction of sp³-hybridized carbons (Fsp3) is 0.458. The first-order valence-electron chi connectivity index (χ1n) is 10.3. The van der Waals surface area contributed by atoms with Crippen LogP contribution in [0.1, 0.15) is 45.7 Å². The maximum atomic E-state index is 13.2. The zero-order chi connectivity index (χ0) is 22.1. The Kier molecular flexibility index (Phi) is 5.99. The number of benzene rings is 2. The van der Waals surface area contributed by atoms with Gasteiger partial charge in [0.1, 0.15) is 17.2 Å². The summed E-state index contributed by atoms with van der Waals surface area (Å²) in [5.41, 5.74) is -0.318. The molecule has 0 aliphatic carbocycles. The molecule has 3 atom stereocenters. The number of ether oxygens (including phenoxy) is 1. The predicted molar refractivity (Wildman–Crippen MR) is 116 cm³/mol. The summed E-state index contributed by atoms with van der Waals surface area (Å²) in [5, 5.41) is 16.0. The van der Waals surface area contributed by atoms with Crippen LogP contribution in [0.5, 0.6) is 0 Å². The third-order valence-electron chi connectivity index (χ3n) is 5.69. The van der Waals surface area contributed by atoms with Crippen LogP contribution in [-0.4, -0.2) is 28.6 Å². The molecule has 0 radical (unpaired) electrons. The molecule has 3 rings (SSSR count). The molecule has 6 nitrogen and oxygen atoms in total. The quantitative estimate of drug-likeness (QED) is 0.455. The van der Waals surface area contributed by atoms with Crippen LogP contribution in [0.3, 0.4) is 0 Å². The van der Waals surface area contributed by atoms with Gasteiger partial charge in [-0.05, 0) is 37.8 Å². The first-order valence-corrected chi connectivity index (χ1v) is 10.3. The molecule has 1 aliphatic rings. The minimum absolute atomic E-state index is 0.111. The van der Waals surface area contributed by atoms with Crippen molar-refractivity contribution in [1.82, 2.24) is 5.32 Å². The van der Waals surface area contributed by atoms with Gasteiger partial charge in [0.2, 0.25) is 6.04 Å². The van der Waals surface area contributed by atoms with E-state index in [-0.39, 0.29) is 10.8 Å². The number of esters is 1. The maximum absolute atomic E-state index is 13.2. The zero-order valence-electron chi connectivity index (χ0n) is 18.2. The predicted octanol–water partition coefficient (Wildman–Crippen LogP) is 4.16. The van der Waals surface area contributed by atoms with Gasteiger partial charge in [0, 0.05) is 4.92 Å². The second-order valence-electron chi connectivity index (χ2n) is 9.25. The van der Waals surface area contributed by atoms with Crippen molar-refractivity contribution in [1.29, 1.82) is 0 Å². The van der Waals surface area contributed by atoms with E-state index in [0.29, 0.717) is 0 Å². The van der Waals surface area contributed by atoms with Gasteiger partial charge in [-0.2, -0.15) is 0 Å². The van der Waals surface area contributed by atoms with Gasteiger partial charge in [-0.15, -0.1) is 0 Å². The molecule has 0 aromatic heterocycles. The molecule has 30 heavy (non-hydrogen) atoms. The van der Waals surface area contributed by atoms with Crippen molar-refractivity contribution < 1.29 is 14.5 Å². The highest BCUT2D eigenvalue weighted by atomic mass is 16.6. The second kappa shape index (κ2) is 8.19. The molecule has 0 spiro atoms. The molecule has 2 aromatic rings. The lowest BCUT2D eigenvalue weighted by Crippen LogP contribution is -2.51. The minimum atomic E-state index is -1.15. The van der Waals surface area contributed by atoms with Crippen molar-refractivity contribution in [2.45, 2.75) is 57.8 Å². The number of nitrogens with one attached hydrogen (secondary N) is 1. The topological polar surface area (TPSA) is 81.5 Å². The molecule has 160 valence electrons. The zero-order valence-corrected chi connectivity index (χ0v) is 18.2. The summed E-state index contributed by atoms with van der Waals surface area (Å²) in [7, 11) is 0. The minimum Gasteiger partial charge on any atom is -0.459 e. The Morgan fingerprint density at radius 2 is 1.50 bits per heavy atom. The first-order chi connectivity index (χ1) is 14.1. The van der Waals surface area contributed by atoms with Crippen molar-refractivity contribution in [3.63, 3.8) is 0 Å². The van der Waals surface area contributed by atoms with Crippen LogP contribution in [0.4, 0.5) is 0 Å². The number of nitro groups is 1. The Hall–Kier alpha value is -2.73. The van der Waals surface area contributed by atoms with Crippen molar-refractivity contribution >= 4 is 5.97 Å². The van der Waals surface area contributed by atoms with Crippen molar-refractivity contribution in [2.24, 2.45) is 11.8 Å². The van der Waals surface area contributed by atoms with Crippen LogP contribution in [-0.2, 0) is 15.1 Å². The van der Waals surface area contributed by atoms with E-state index in [1.165, 1.54) is 0 Å². The number of hydrogen-bond acceptors (Lipinski definition) is 5. The first kappa shape index (κ1) is 22.0. The van der Waals surface area contributed by atoms with Gasteiger partial charge in [-0.1, -0.05) is 74.5 Å². The monoisotopic (exact) mass is 410 g/mol. The second-order valence-corrected chi connectivity index (χ2v) is 9.25. The molecule has 1 heterocycles. The molecule has 0 saturated carbocycles. The summed E-state index contributed by atoms with van der Waals surface area (Å²) in [6.45, 7) is 9.25. The van der Waals surface area contributed by atoms with E-state index in [1.54, 1.807) is 20.8 Å². The Bertz CT molecular complexity index is 851. The van der Waals surface area contributed by atoms with Crippen molar-refractivity contribution in [3.8, 4) is 0 Å². The van der Waals surface area contributed by atoms with Crippen LogP contribution < -0.4 is 5.32 Å². The summed E-state index contributed by atoms with van der Waals surface area (Å²) in [5.74, 6) is -1.11. The lowest BCUT2D eigenvalue weighted by Gasteiger charge is -2.33. The van der Waals surface area contributed by atoms with E-state index in [0.717, 1.165) is 11.1 Å². The molecular weight excluding hydrogens is 380 g/mol. The molecular formula is C24H30N2O4. The van der Waals surface area contributed by atoms with Gasteiger partial charge in [0.05, 0.1) is 5.92 Å². The number of carbonyl (C=O) groups excluding carboxylic acids is 1. The molecule has 1 aliphatic heterocycles. The van der Waals surface area contributed by atoms with Crippen LogP contribution in [0.2, 0.25) is 0 Å². The Morgan fingerprint density at radius 3 is 1.87 bits per heavy atom. The van der Waals surface area contributed by atoms with Crippen LogP contribution in [0.15, 0.2) is 60.7 Å². The standard InChI is InChI=1S/C24H30N2O4/c1-16(2)19-20(22(27)30-23(3,4)5)25-24(21(19)26(28)29,17-12-8-6-9-13-17)18-14-10-7-11-15-18/h6-16,19-21,25H,1-5H3/t19-,20+,21+/m1/s1. The smallest absolute Gasteiger partial charge is 0.324 e. The van der Waals surface area contributed by atoms with Gasteiger partial charge >= 0.3 is 5.97 Å². The number of hydrogen-bond donors (Lipinski definition) is 1. The van der Waals surface area contributed by atoms with Gasteiger partial charge in [-0.25, -0.2) is 0 Å². The van der Waals surface area contributed by atoms with Crippen molar-refractivity contribution in [3.05, 3.63) is 81.9 Å². The maximum Gasteiger partial charge on any atom is 0.324 e. The third-order valence-corrected chi connectivity index (χ3v) is 5.69. The summed E-state index contributed by atoms with van der Waals surface area (Å²) in [6, 6.07) is 16.9. The summed E-state index contributed by atoms with van der Waals surface area (Å²) >= 11 is 0. The summed E-state index contributed by atoms with van der Waals surface area (Å²) in [6.07, 6.45) is 0. The van der Waals surface area contributed by atoms with Crippen LogP contribution in [0, 0.1) is 22.0 Å². The molecule has 0 bridgehead atoms. The number of carbonyl (C=O) groups is 1. The van der Waals surface area contributed by atoms with E-state index < -0.39 is 35.1 Å². The fourth-order valence-electron chi connectivity index (χ4n) is 4.60. The molecule has 1 fully saturated rings. The molecule has 0 unspecified atom stereocenters. The molecule has 1 N–H and O–H groups in total. The highest BCUT2D eigenvalue weighted by Crippen LogP contribution is 2.47. The van der Waals surface area contributed by atoms with Crippen LogP contribution >= 0.6 is 0 Å². The fourth-order valence-corrected chi connectivity index (χ4v) is 4.60. The van der Waals surface area contributed by atoms with E-state index in [1.807, 2.05) is 74.5 Å². The lowest BCUT2D eigenvalue weighted by molar-refractivity contribution is -0.539. The highest BCUT2D eigenvalue weighted by Gasteiger charge is 2.65. The molecule has 2 aromatic carbocycles. The van der Waals surface area contributed by atoms with Gasteiger partial charge < -0.3 is 4.74 Å². The lowest BCUT2D eigenvalue weighted by atomic mass is 9.73. The Morgan fingerprint density at radius 1 is 1.03 bits per heavy atom. The number of nitrogens with zero attached hydrogens (tertiary/aromatic N) is 1. The Labute approximate surface area is 177 Å². The van der Waals surface area contributed by atoms with Crippen molar-refractivity contribution in [2.75, 3.05) is 0 Å². The van der Waals surface area contributed by atoms with Gasteiger partial charge in [0.25, 0.3) is 0 Å². The molecule has 6 heteroatoms. The van der Waals surface area contributed by atoms with Gasteiger partial charge in [0.15, 0.2) is 0 Å². The van der Waals surface area contributed by atoms with E-state index in [4.69, 9.17) is 4.74 Å². The Balaban J connectivity index is 2.25. The summed E-state index contributed by atoms with van der Waals surface area (Å²) < 4.78 is 5.67. The average Bonchev–Trinajstić information content (AvgIpc) is 3.06. The average molecular weight is 411 g/mol. The van der Waals surface area contributed by atoms with E-state index in [9.17, 15) is 14.9 Å². The highest BCUT2D eigenvalue weighted by molar-refractivity contribution is 5.78. The number of rotatable bonds is 5. The third kappa shape index (κ3) is 3.97. The molecule has 0 amide bonds.